The zero-order valence-corrected chi connectivity index (χ0v) is 30.7. The second-order valence-electron chi connectivity index (χ2n) is 16.1. The fourth-order valence-electron chi connectivity index (χ4n) is 7.57. The van der Waals surface area contributed by atoms with Gasteiger partial charge in [-0.15, -0.1) is 0 Å². The number of amides is 3. The van der Waals surface area contributed by atoms with Crippen LogP contribution >= 0.6 is 0 Å². The molecule has 3 aliphatic heterocycles. The molecule has 0 atom stereocenters. The van der Waals surface area contributed by atoms with Gasteiger partial charge in [0.2, 0.25) is 5.91 Å². The van der Waals surface area contributed by atoms with Crippen LogP contribution in [0.1, 0.15) is 73.9 Å². The molecule has 2 saturated heterocycles. The van der Waals surface area contributed by atoms with Gasteiger partial charge in [-0.2, -0.15) is 5.10 Å². The van der Waals surface area contributed by atoms with Gasteiger partial charge >= 0.3 is 0 Å². The number of benzene rings is 1. The van der Waals surface area contributed by atoms with Gasteiger partial charge < -0.3 is 37.2 Å². The Morgan fingerprint density at radius 1 is 1.02 bits per heavy atom. The van der Waals surface area contributed by atoms with Crippen molar-refractivity contribution >= 4 is 29.1 Å². The number of hydrogen-bond acceptors (Lipinski definition) is 10. The zero-order valence-electron chi connectivity index (χ0n) is 30.7. The molecule has 8 rings (SSSR count). The second-order valence-corrected chi connectivity index (χ2v) is 16.1. The third-order valence-electron chi connectivity index (χ3n) is 10.9. The van der Waals surface area contributed by atoms with E-state index in [1.165, 1.54) is 6.08 Å². The van der Waals surface area contributed by atoms with Gasteiger partial charge in [0.05, 0.1) is 47.2 Å². The highest BCUT2D eigenvalue weighted by atomic mass is 16.2. The van der Waals surface area contributed by atoms with Crippen LogP contribution in [-0.2, 0) is 22.7 Å². The Bertz CT molecular complexity index is 2020. The SMILES string of the molecule is CN1Cc2c(cnn2C2CN(Cc3cccc(C(=O)N4CCC(C)(C)C4)n3)C2)-c2cccc(NC(/C=C(\N)NC(=O)C3CC3)=C(/N)C(=O)NC3CC3)c21. The van der Waals surface area contributed by atoms with Gasteiger partial charge in [0.15, 0.2) is 0 Å². The number of hydrogen-bond donors (Lipinski definition) is 5. The number of rotatable bonds is 11. The summed E-state index contributed by atoms with van der Waals surface area (Å²) in [6.07, 6.45) is 8.01. The van der Waals surface area contributed by atoms with E-state index in [1.807, 2.05) is 48.5 Å². The number of aromatic nitrogens is 3. The minimum atomic E-state index is -0.382. The molecule has 14 nitrogen and oxygen atoms in total. The van der Waals surface area contributed by atoms with Crippen molar-refractivity contribution in [2.24, 2.45) is 22.8 Å². The molecule has 14 heteroatoms. The van der Waals surface area contributed by atoms with E-state index < -0.39 is 0 Å². The number of carbonyl (C=O) groups is 3. The maximum absolute atomic E-state index is 13.2. The normalized spacial score (nSPS) is 20.2. The molecule has 0 radical (unpaired) electrons. The van der Waals surface area contributed by atoms with Gasteiger partial charge in [-0.1, -0.05) is 32.0 Å². The van der Waals surface area contributed by atoms with Crippen molar-refractivity contribution in [2.75, 3.05) is 43.4 Å². The number of nitrogens with one attached hydrogen (secondary N) is 3. The molecule has 2 aliphatic carbocycles. The zero-order chi connectivity index (χ0) is 37.0. The fraction of sp³-hybridized carbons (Fsp3) is 0.462. The lowest BCUT2D eigenvalue weighted by Gasteiger charge is -2.40. The first kappa shape index (κ1) is 34.7. The van der Waals surface area contributed by atoms with Gasteiger partial charge in [-0.25, -0.2) is 4.98 Å². The number of allylic oxidation sites excluding steroid dienone is 1. The minimum absolute atomic E-state index is 0.0104. The minimum Gasteiger partial charge on any atom is -0.393 e. The first-order valence-corrected chi connectivity index (χ1v) is 18.7. The van der Waals surface area contributed by atoms with E-state index in [0.717, 1.165) is 92.2 Å². The van der Waals surface area contributed by atoms with E-state index in [-0.39, 0.29) is 52.7 Å². The highest BCUT2D eigenvalue weighted by molar-refractivity contribution is 5.96. The van der Waals surface area contributed by atoms with Gasteiger partial charge in [0.25, 0.3) is 11.8 Å². The van der Waals surface area contributed by atoms with E-state index in [2.05, 4.69) is 50.3 Å². The topological polar surface area (TPSA) is 180 Å². The Morgan fingerprint density at radius 3 is 2.51 bits per heavy atom. The van der Waals surface area contributed by atoms with Gasteiger partial charge in [0, 0.05) is 68.9 Å². The van der Waals surface area contributed by atoms with Gasteiger partial charge in [-0.05, 0) is 55.7 Å². The molecule has 53 heavy (non-hydrogen) atoms. The van der Waals surface area contributed by atoms with Crippen molar-refractivity contribution in [3.63, 3.8) is 0 Å². The third-order valence-corrected chi connectivity index (χ3v) is 10.9. The Hall–Kier alpha value is -5.37. The Morgan fingerprint density at radius 2 is 1.79 bits per heavy atom. The lowest BCUT2D eigenvalue weighted by atomic mass is 9.93. The van der Waals surface area contributed by atoms with Crippen LogP contribution in [0.15, 0.2) is 65.9 Å². The number of para-hydroxylation sites is 1. The Balaban J connectivity index is 0.974. The van der Waals surface area contributed by atoms with Crippen LogP contribution in [-0.4, -0.2) is 81.6 Å². The van der Waals surface area contributed by atoms with Crippen molar-refractivity contribution in [1.82, 2.24) is 35.2 Å². The monoisotopic (exact) mass is 719 g/mol. The largest absolute Gasteiger partial charge is 0.393 e. The predicted molar refractivity (Wildman–Crippen MR) is 202 cm³/mol. The molecule has 1 aromatic carbocycles. The van der Waals surface area contributed by atoms with E-state index in [1.54, 1.807) is 0 Å². The molecule has 2 saturated carbocycles. The van der Waals surface area contributed by atoms with E-state index in [4.69, 9.17) is 21.5 Å². The predicted octanol–water partition coefficient (Wildman–Crippen LogP) is 3.01. The molecule has 5 aliphatic rings. The molecule has 0 unspecified atom stereocenters. The van der Waals surface area contributed by atoms with Crippen molar-refractivity contribution in [2.45, 2.75) is 71.1 Å². The summed E-state index contributed by atoms with van der Waals surface area (Å²) in [5.74, 6) is -0.408. The standard InChI is InChI=1S/C39H49N11O3/c1-39(2)14-15-49(22-39)38(53)30-9-4-6-25(43-30)18-48-19-26(20-48)50-32-21-47(3)35-27(28(32)17-42-50)7-5-8-29(35)45-31(34(41)37(52)44-24-12-13-24)16-33(40)46-36(51)23-10-11-23/h4-9,16-17,23-24,26,45H,10-15,18-22,40-41H2,1-3H3,(H,44,52)(H,46,51)/b33-16+,34-31+. The number of anilines is 2. The quantitative estimate of drug-likeness (QED) is 0.146. The molecule has 3 amide bonds. The number of nitrogens with two attached hydrogens (primary N) is 2. The van der Waals surface area contributed by atoms with Crippen LogP contribution in [0.4, 0.5) is 11.4 Å². The van der Waals surface area contributed by atoms with Gasteiger partial charge in [-0.3, -0.25) is 24.0 Å². The first-order chi connectivity index (χ1) is 25.4. The van der Waals surface area contributed by atoms with Crippen LogP contribution in [0.2, 0.25) is 0 Å². The molecule has 5 heterocycles. The van der Waals surface area contributed by atoms with Crippen LogP contribution in [0.5, 0.6) is 0 Å². The molecule has 0 spiro atoms. The molecule has 0 bridgehead atoms. The van der Waals surface area contributed by atoms with Crippen molar-refractivity contribution in [3.8, 4) is 11.1 Å². The van der Waals surface area contributed by atoms with E-state index >= 15 is 0 Å². The number of pyridine rings is 1. The molecule has 4 fully saturated rings. The Labute approximate surface area is 309 Å². The number of carbonyl (C=O) groups excluding carboxylic acids is 3. The molecule has 3 aromatic rings. The van der Waals surface area contributed by atoms with Gasteiger partial charge in [0.1, 0.15) is 17.2 Å². The fourth-order valence-corrected chi connectivity index (χ4v) is 7.57. The summed E-state index contributed by atoms with van der Waals surface area (Å²) >= 11 is 0. The van der Waals surface area contributed by atoms with Crippen LogP contribution in [0, 0.1) is 11.3 Å². The number of likely N-dealkylation sites (tertiary alicyclic amines) is 2. The maximum atomic E-state index is 13.2. The van der Waals surface area contributed by atoms with Crippen molar-refractivity contribution in [3.05, 3.63) is 83.0 Å². The lowest BCUT2D eigenvalue weighted by molar-refractivity contribution is -0.121. The molecule has 278 valence electrons. The highest BCUT2D eigenvalue weighted by Crippen LogP contribution is 2.44. The molecule has 7 N–H and O–H groups in total. The maximum Gasteiger partial charge on any atom is 0.272 e. The van der Waals surface area contributed by atoms with E-state index in [9.17, 15) is 14.4 Å². The molecular formula is C39H49N11O3. The van der Waals surface area contributed by atoms with E-state index in [0.29, 0.717) is 24.5 Å². The second kappa shape index (κ2) is 13.6. The summed E-state index contributed by atoms with van der Waals surface area (Å²) < 4.78 is 2.14. The molecular weight excluding hydrogens is 671 g/mol. The summed E-state index contributed by atoms with van der Waals surface area (Å²) in [5.41, 5.74) is 19.4. The summed E-state index contributed by atoms with van der Waals surface area (Å²) in [6, 6.07) is 12.1. The number of fused-ring (bicyclic) bond motifs is 3. The average Bonchev–Trinajstić information content (AvgIpc) is 4.05. The highest BCUT2D eigenvalue weighted by Gasteiger charge is 2.36. The average molecular weight is 720 g/mol. The first-order valence-electron chi connectivity index (χ1n) is 18.7. The summed E-state index contributed by atoms with van der Waals surface area (Å²) in [4.78, 5) is 49.8. The van der Waals surface area contributed by atoms with Crippen LogP contribution in [0.3, 0.4) is 0 Å². The summed E-state index contributed by atoms with van der Waals surface area (Å²) in [6.45, 7) is 8.89. The van der Waals surface area contributed by atoms with Crippen LogP contribution < -0.4 is 32.3 Å². The van der Waals surface area contributed by atoms with Crippen LogP contribution in [0.25, 0.3) is 11.1 Å². The smallest absolute Gasteiger partial charge is 0.272 e. The summed E-state index contributed by atoms with van der Waals surface area (Å²) in [5, 5.41) is 14.0. The third kappa shape index (κ3) is 7.32. The number of nitrogens with zero attached hydrogens (tertiary/aromatic N) is 6. The molecule has 2 aromatic heterocycles. The Kier molecular flexibility index (Phi) is 8.88. The van der Waals surface area contributed by atoms with Crippen molar-refractivity contribution < 1.29 is 14.4 Å². The summed E-state index contributed by atoms with van der Waals surface area (Å²) in [7, 11) is 2.03. The lowest BCUT2D eigenvalue weighted by Crippen LogP contribution is -2.48. The van der Waals surface area contributed by atoms with Crippen molar-refractivity contribution in [1.29, 1.82) is 0 Å².